The minimum atomic E-state index is -0.551. The van der Waals surface area contributed by atoms with Crippen LogP contribution in [-0.4, -0.2) is 54.2 Å². The zero-order valence-corrected chi connectivity index (χ0v) is 13.2. The van der Waals surface area contributed by atoms with Crippen LogP contribution in [-0.2, 0) is 4.74 Å². The Morgan fingerprint density at radius 2 is 2.27 bits per heavy atom. The summed E-state index contributed by atoms with van der Waals surface area (Å²) in [6.07, 6.45) is 3.08. The van der Waals surface area contributed by atoms with Crippen LogP contribution in [0.2, 0.25) is 5.02 Å². The summed E-state index contributed by atoms with van der Waals surface area (Å²) in [5, 5.41) is 14.5. The van der Waals surface area contributed by atoms with Crippen LogP contribution in [0.1, 0.15) is 12.8 Å². The molecule has 1 fully saturated rings. The lowest BCUT2D eigenvalue weighted by Gasteiger charge is -2.32. The number of aromatic nitrogens is 1. The summed E-state index contributed by atoms with van der Waals surface area (Å²) < 4.78 is 5.07. The molecule has 122 valence electrons. The van der Waals surface area contributed by atoms with Gasteiger partial charge in [-0.3, -0.25) is 10.1 Å². The van der Waals surface area contributed by atoms with Gasteiger partial charge in [0.25, 0.3) is 0 Å². The number of nitro groups is 1. The van der Waals surface area contributed by atoms with Gasteiger partial charge in [0.15, 0.2) is 0 Å². The fourth-order valence-corrected chi connectivity index (χ4v) is 2.73. The average Bonchev–Trinajstić information content (AvgIpc) is 2.50. The summed E-state index contributed by atoms with van der Waals surface area (Å²) in [6.45, 7) is 3.42. The van der Waals surface area contributed by atoms with Gasteiger partial charge in [-0.1, -0.05) is 11.6 Å². The number of nitrogens with zero attached hydrogens (tertiary/aromatic N) is 3. The third-order valence-electron chi connectivity index (χ3n) is 3.77. The number of pyridine rings is 1. The molecular weight excluding hydrogens is 310 g/mol. The fraction of sp³-hybridized carbons (Fsp3) is 0.615. The third kappa shape index (κ3) is 3.96. The molecule has 1 aliphatic heterocycles. The van der Waals surface area contributed by atoms with E-state index in [2.05, 4.69) is 15.2 Å². The number of methoxy groups -OCH3 is 1. The predicted molar refractivity (Wildman–Crippen MR) is 85.3 cm³/mol. The SMILES string of the molecule is COCCN1CCC(Nc2c(Cl)cnc(N)c2[N+](=O)[O-])CC1. The van der Waals surface area contributed by atoms with Crippen molar-refractivity contribution in [2.75, 3.05) is 44.4 Å². The highest BCUT2D eigenvalue weighted by Crippen LogP contribution is 2.36. The first-order valence-corrected chi connectivity index (χ1v) is 7.47. The Labute approximate surface area is 133 Å². The topological polar surface area (TPSA) is 107 Å². The first-order valence-electron chi connectivity index (χ1n) is 7.09. The van der Waals surface area contributed by atoms with Crippen molar-refractivity contribution in [3.8, 4) is 0 Å². The van der Waals surface area contributed by atoms with E-state index in [-0.39, 0.29) is 28.3 Å². The number of piperidine rings is 1. The van der Waals surface area contributed by atoms with Crippen molar-refractivity contribution in [2.45, 2.75) is 18.9 Å². The standard InChI is InChI=1S/C13H20ClN5O3/c1-22-7-6-18-4-2-9(3-5-18)17-11-10(14)8-16-13(15)12(11)19(20)21/h8-9H,2-7H2,1H3,(H3,15,16,17). The van der Waals surface area contributed by atoms with Crippen LogP contribution in [0.15, 0.2) is 6.20 Å². The molecule has 0 saturated carbocycles. The number of likely N-dealkylation sites (tertiary alicyclic amines) is 1. The number of hydrogen-bond acceptors (Lipinski definition) is 7. The van der Waals surface area contributed by atoms with E-state index in [1.54, 1.807) is 7.11 Å². The second-order valence-corrected chi connectivity index (χ2v) is 5.63. The van der Waals surface area contributed by atoms with Gasteiger partial charge in [0, 0.05) is 32.8 Å². The van der Waals surface area contributed by atoms with E-state index < -0.39 is 4.92 Å². The van der Waals surface area contributed by atoms with Gasteiger partial charge in [0.05, 0.1) is 22.7 Å². The molecule has 0 radical (unpaired) electrons. The maximum atomic E-state index is 11.2. The highest BCUT2D eigenvalue weighted by molar-refractivity contribution is 6.33. The first-order chi connectivity index (χ1) is 10.5. The Bertz CT molecular complexity index is 535. The monoisotopic (exact) mass is 329 g/mol. The molecule has 3 N–H and O–H groups in total. The predicted octanol–water partition coefficient (Wildman–Crippen LogP) is 1.75. The van der Waals surface area contributed by atoms with Crippen molar-refractivity contribution in [2.24, 2.45) is 0 Å². The largest absolute Gasteiger partial charge is 0.383 e. The number of hydrogen-bond donors (Lipinski definition) is 2. The van der Waals surface area contributed by atoms with Crippen LogP contribution in [0.5, 0.6) is 0 Å². The molecule has 1 aliphatic rings. The lowest BCUT2D eigenvalue weighted by Crippen LogP contribution is -2.40. The van der Waals surface area contributed by atoms with E-state index in [0.717, 1.165) is 32.5 Å². The van der Waals surface area contributed by atoms with E-state index in [1.807, 2.05) is 0 Å². The molecule has 0 bridgehead atoms. The van der Waals surface area contributed by atoms with Gasteiger partial charge in [0.2, 0.25) is 5.82 Å². The Morgan fingerprint density at radius 3 is 2.86 bits per heavy atom. The van der Waals surface area contributed by atoms with Gasteiger partial charge >= 0.3 is 5.69 Å². The smallest absolute Gasteiger partial charge is 0.335 e. The van der Waals surface area contributed by atoms with Gasteiger partial charge in [-0.25, -0.2) is 4.98 Å². The summed E-state index contributed by atoms with van der Waals surface area (Å²) in [5.41, 5.74) is 5.60. The molecule has 1 aromatic heterocycles. The van der Waals surface area contributed by atoms with Gasteiger partial charge in [-0.15, -0.1) is 0 Å². The minimum absolute atomic E-state index is 0.122. The molecule has 0 aromatic carbocycles. The van der Waals surface area contributed by atoms with Crippen LogP contribution in [0.25, 0.3) is 0 Å². The zero-order valence-electron chi connectivity index (χ0n) is 12.4. The number of nitrogens with one attached hydrogen (secondary N) is 1. The number of nitrogen functional groups attached to an aromatic ring is 1. The fourth-order valence-electron chi connectivity index (χ4n) is 2.54. The highest BCUT2D eigenvalue weighted by atomic mass is 35.5. The maximum Gasteiger partial charge on any atom is 0.335 e. The summed E-state index contributed by atoms with van der Waals surface area (Å²) >= 11 is 6.05. The Morgan fingerprint density at radius 1 is 1.59 bits per heavy atom. The summed E-state index contributed by atoms with van der Waals surface area (Å²) in [6, 6.07) is 0.122. The molecule has 2 heterocycles. The molecule has 0 atom stereocenters. The minimum Gasteiger partial charge on any atom is -0.383 e. The van der Waals surface area contributed by atoms with E-state index in [0.29, 0.717) is 6.61 Å². The van der Waals surface area contributed by atoms with Gasteiger partial charge < -0.3 is 20.7 Å². The number of anilines is 2. The molecule has 0 amide bonds. The molecule has 0 unspecified atom stereocenters. The second-order valence-electron chi connectivity index (χ2n) is 5.23. The van der Waals surface area contributed by atoms with Gasteiger partial charge in [-0.2, -0.15) is 0 Å². The van der Waals surface area contributed by atoms with Crippen molar-refractivity contribution in [1.29, 1.82) is 0 Å². The lowest BCUT2D eigenvalue weighted by molar-refractivity contribution is -0.383. The molecule has 1 aromatic rings. The second kappa shape index (κ2) is 7.57. The first kappa shape index (κ1) is 16.7. The molecule has 1 saturated heterocycles. The van der Waals surface area contributed by atoms with Crippen LogP contribution < -0.4 is 11.1 Å². The van der Waals surface area contributed by atoms with E-state index in [9.17, 15) is 10.1 Å². The molecular formula is C13H20ClN5O3. The quantitative estimate of drug-likeness (QED) is 0.604. The van der Waals surface area contributed by atoms with Crippen molar-refractivity contribution in [3.63, 3.8) is 0 Å². The average molecular weight is 330 g/mol. The molecule has 2 rings (SSSR count). The van der Waals surface area contributed by atoms with E-state index in [4.69, 9.17) is 22.1 Å². The molecule has 22 heavy (non-hydrogen) atoms. The van der Waals surface area contributed by atoms with E-state index >= 15 is 0 Å². The Balaban J connectivity index is 2.03. The molecule has 9 heteroatoms. The van der Waals surface area contributed by atoms with Crippen molar-refractivity contribution in [3.05, 3.63) is 21.3 Å². The van der Waals surface area contributed by atoms with Crippen molar-refractivity contribution >= 4 is 28.8 Å². The van der Waals surface area contributed by atoms with Crippen molar-refractivity contribution < 1.29 is 9.66 Å². The van der Waals surface area contributed by atoms with Crippen LogP contribution in [0, 0.1) is 10.1 Å². The van der Waals surface area contributed by atoms with Crippen LogP contribution in [0.4, 0.5) is 17.2 Å². The van der Waals surface area contributed by atoms with E-state index in [1.165, 1.54) is 6.20 Å². The molecule has 0 spiro atoms. The maximum absolute atomic E-state index is 11.2. The van der Waals surface area contributed by atoms with Gasteiger partial charge in [0.1, 0.15) is 5.69 Å². The molecule has 0 aliphatic carbocycles. The van der Waals surface area contributed by atoms with Gasteiger partial charge in [-0.05, 0) is 12.8 Å². The Kier molecular flexibility index (Phi) is 5.76. The third-order valence-corrected chi connectivity index (χ3v) is 4.05. The number of ether oxygens (including phenoxy) is 1. The van der Waals surface area contributed by atoms with Crippen molar-refractivity contribution in [1.82, 2.24) is 9.88 Å². The highest BCUT2D eigenvalue weighted by Gasteiger charge is 2.26. The molecule has 8 nitrogen and oxygen atoms in total. The zero-order chi connectivity index (χ0) is 16.1. The number of rotatable bonds is 6. The van der Waals surface area contributed by atoms with Crippen LogP contribution in [0.3, 0.4) is 0 Å². The number of halogens is 1. The normalized spacial score (nSPS) is 16.6. The number of nitrogens with two attached hydrogens (primary N) is 1. The summed E-state index contributed by atoms with van der Waals surface area (Å²) in [7, 11) is 1.68. The summed E-state index contributed by atoms with van der Waals surface area (Å²) in [4.78, 5) is 16.7. The summed E-state index contributed by atoms with van der Waals surface area (Å²) in [5.74, 6) is -0.130. The lowest BCUT2D eigenvalue weighted by atomic mass is 10.0. The Hall–Kier alpha value is -1.64. The van der Waals surface area contributed by atoms with Crippen LogP contribution >= 0.6 is 11.6 Å².